The average Bonchev–Trinajstić information content (AvgIpc) is 2.88. The van der Waals surface area contributed by atoms with Crippen LogP contribution in [0, 0.1) is 0 Å². The summed E-state index contributed by atoms with van der Waals surface area (Å²) in [5, 5.41) is 2.72. The van der Waals surface area contributed by atoms with E-state index in [2.05, 4.69) is 5.32 Å². The lowest BCUT2D eigenvalue weighted by Crippen LogP contribution is -2.52. The highest BCUT2D eigenvalue weighted by molar-refractivity contribution is 6.06. The minimum Gasteiger partial charge on any atom is -0.336 e. The Kier molecular flexibility index (Phi) is 5.59. The van der Waals surface area contributed by atoms with Gasteiger partial charge in [0.2, 0.25) is 5.91 Å². The molecule has 0 spiro atoms. The van der Waals surface area contributed by atoms with Crippen molar-refractivity contribution in [1.82, 2.24) is 15.1 Å². The van der Waals surface area contributed by atoms with E-state index < -0.39 is 12.1 Å². The number of hydrogen-bond acceptors (Lipinski definition) is 3. The molecular formula is C20H27N3O3. The van der Waals surface area contributed by atoms with Crippen molar-refractivity contribution in [2.75, 3.05) is 6.54 Å². The number of rotatable bonds is 5. The zero-order valence-electron chi connectivity index (χ0n) is 15.5. The third-order valence-electron chi connectivity index (χ3n) is 5.45. The van der Waals surface area contributed by atoms with Crippen LogP contribution in [0.2, 0.25) is 0 Å². The normalized spacial score (nSPS) is 26.2. The number of imide groups is 1. The molecule has 0 unspecified atom stereocenters. The smallest absolute Gasteiger partial charge is 0.325 e. The van der Waals surface area contributed by atoms with Crippen molar-refractivity contribution in [3.05, 3.63) is 35.9 Å². The Balaban J connectivity index is 1.59. The Morgan fingerprint density at radius 2 is 1.77 bits per heavy atom. The fourth-order valence-corrected chi connectivity index (χ4v) is 4.01. The molecule has 2 fully saturated rings. The van der Waals surface area contributed by atoms with E-state index in [9.17, 15) is 14.4 Å². The Morgan fingerprint density at radius 3 is 2.42 bits per heavy atom. The second kappa shape index (κ2) is 7.89. The van der Waals surface area contributed by atoms with E-state index in [4.69, 9.17) is 0 Å². The number of amides is 4. The van der Waals surface area contributed by atoms with Crippen LogP contribution in [-0.2, 0) is 16.0 Å². The van der Waals surface area contributed by atoms with E-state index in [0.29, 0.717) is 12.8 Å². The molecular weight excluding hydrogens is 330 g/mol. The maximum absolute atomic E-state index is 12.7. The summed E-state index contributed by atoms with van der Waals surface area (Å²) in [7, 11) is 0. The molecule has 1 N–H and O–H groups in total. The highest BCUT2D eigenvalue weighted by Gasteiger charge is 2.40. The van der Waals surface area contributed by atoms with Gasteiger partial charge in [-0.3, -0.25) is 14.5 Å². The average molecular weight is 357 g/mol. The maximum Gasteiger partial charge on any atom is 0.325 e. The summed E-state index contributed by atoms with van der Waals surface area (Å²) < 4.78 is 0. The van der Waals surface area contributed by atoms with Crippen LogP contribution in [0.3, 0.4) is 0 Å². The number of carbonyl (C=O) groups excluding carboxylic acids is 3. The van der Waals surface area contributed by atoms with Gasteiger partial charge >= 0.3 is 6.03 Å². The molecule has 26 heavy (non-hydrogen) atoms. The molecule has 0 radical (unpaired) electrons. The van der Waals surface area contributed by atoms with Gasteiger partial charge in [-0.05, 0) is 51.5 Å². The molecule has 2 aliphatic rings. The third-order valence-corrected chi connectivity index (χ3v) is 5.45. The lowest BCUT2D eigenvalue weighted by atomic mass is 9.97. The minimum atomic E-state index is -0.549. The molecule has 0 aliphatic carbocycles. The largest absolute Gasteiger partial charge is 0.336 e. The maximum atomic E-state index is 12.7. The fourth-order valence-electron chi connectivity index (χ4n) is 4.01. The number of nitrogens with one attached hydrogen (secondary N) is 1. The molecule has 3 rings (SSSR count). The van der Waals surface area contributed by atoms with Crippen molar-refractivity contribution in [2.45, 2.75) is 64.1 Å². The molecule has 1 aromatic carbocycles. The first-order valence-electron chi connectivity index (χ1n) is 9.44. The van der Waals surface area contributed by atoms with Crippen LogP contribution in [0.4, 0.5) is 4.79 Å². The van der Waals surface area contributed by atoms with Crippen LogP contribution in [0.1, 0.15) is 45.1 Å². The van der Waals surface area contributed by atoms with E-state index in [0.717, 1.165) is 29.7 Å². The Labute approximate surface area is 154 Å². The predicted molar refractivity (Wildman–Crippen MR) is 98.4 cm³/mol. The Hall–Kier alpha value is -2.37. The quantitative estimate of drug-likeness (QED) is 0.822. The van der Waals surface area contributed by atoms with Crippen molar-refractivity contribution in [3.8, 4) is 0 Å². The second-order valence-electron chi connectivity index (χ2n) is 7.38. The standard InChI is InChI=1S/C20H27N3O3/c1-14-7-6-8-15(2)23(14)18(24)13-22-19(25)17(21-20(22)26)12-11-16-9-4-3-5-10-16/h3-5,9-10,14-15,17H,6-8,11-13H2,1-2H3,(H,21,26)/t14-,15+,17-/m1/s1. The number of hydrogen-bond donors (Lipinski definition) is 1. The summed E-state index contributed by atoms with van der Waals surface area (Å²) in [4.78, 5) is 40.4. The molecule has 2 aliphatic heterocycles. The number of aryl methyl sites for hydroxylation is 1. The number of piperidine rings is 1. The van der Waals surface area contributed by atoms with Crippen molar-refractivity contribution < 1.29 is 14.4 Å². The van der Waals surface area contributed by atoms with Gasteiger partial charge in [-0.15, -0.1) is 0 Å². The van der Waals surface area contributed by atoms with E-state index in [-0.39, 0.29) is 30.4 Å². The number of nitrogens with zero attached hydrogens (tertiary/aromatic N) is 2. The van der Waals surface area contributed by atoms with Crippen LogP contribution in [-0.4, -0.2) is 52.3 Å². The molecule has 6 nitrogen and oxygen atoms in total. The van der Waals surface area contributed by atoms with E-state index >= 15 is 0 Å². The molecule has 2 heterocycles. The Bertz CT molecular complexity index is 666. The summed E-state index contributed by atoms with van der Waals surface area (Å²) in [6, 6.07) is 9.16. The van der Waals surface area contributed by atoms with Gasteiger partial charge in [-0.1, -0.05) is 30.3 Å². The van der Waals surface area contributed by atoms with E-state index in [1.807, 2.05) is 49.1 Å². The van der Waals surface area contributed by atoms with E-state index in [1.54, 1.807) is 0 Å². The van der Waals surface area contributed by atoms with Gasteiger partial charge in [0.15, 0.2) is 0 Å². The summed E-state index contributed by atoms with van der Waals surface area (Å²) in [5.74, 6) is -0.437. The topological polar surface area (TPSA) is 69.7 Å². The summed E-state index contributed by atoms with van der Waals surface area (Å²) in [6.07, 6.45) is 4.29. The van der Waals surface area contributed by atoms with Gasteiger partial charge in [0.25, 0.3) is 5.91 Å². The molecule has 0 aromatic heterocycles. The van der Waals surface area contributed by atoms with Gasteiger partial charge in [-0.25, -0.2) is 4.79 Å². The fraction of sp³-hybridized carbons (Fsp3) is 0.550. The van der Waals surface area contributed by atoms with Gasteiger partial charge in [0.1, 0.15) is 12.6 Å². The second-order valence-corrected chi connectivity index (χ2v) is 7.38. The summed E-state index contributed by atoms with van der Waals surface area (Å²) >= 11 is 0. The highest BCUT2D eigenvalue weighted by Crippen LogP contribution is 2.23. The van der Waals surface area contributed by atoms with Crippen LogP contribution >= 0.6 is 0 Å². The Morgan fingerprint density at radius 1 is 1.12 bits per heavy atom. The van der Waals surface area contributed by atoms with Crippen LogP contribution < -0.4 is 5.32 Å². The molecule has 0 bridgehead atoms. The first-order valence-corrected chi connectivity index (χ1v) is 9.44. The summed E-state index contributed by atoms with van der Waals surface area (Å²) in [5.41, 5.74) is 1.13. The van der Waals surface area contributed by atoms with Gasteiger partial charge in [0.05, 0.1) is 0 Å². The van der Waals surface area contributed by atoms with Gasteiger partial charge in [0, 0.05) is 12.1 Å². The molecule has 4 amide bonds. The molecule has 6 heteroatoms. The van der Waals surface area contributed by atoms with E-state index in [1.165, 1.54) is 0 Å². The first kappa shape index (κ1) is 18.4. The predicted octanol–water partition coefficient (Wildman–Crippen LogP) is 2.33. The van der Waals surface area contributed by atoms with Crippen molar-refractivity contribution in [1.29, 1.82) is 0 Å². The number of urea groups is 1. The highest BCUT2D eigenvalue weighted by atomic mass is 16.2. The van der Waals surface area contributed by atoms with Crippen molar-refractivity contribution in [2.24, 2.45) is 0 Å². The number of likely N-dealkylation sites (tertiary alicyclic amines) is 1. The monoisotopic (exact) mass is 357 g/mol. The zero-order chi connectivity index (χ0) is 18.7. The first-order chi connectivity index (χ1) is 12.5. The van der Waals surface area contributed by atoms with Crippen LogP contribution in [0.5, 0.6) is 0 Å². The van der Waals surface area contributed by atoms with Gasteiger partial charge in [-0.2, -0.15) is 0 Å². The van der Waals surface area contributed by atoms with Crippen LogP contribution in [0.25, 0.3) is 0 Å². The molecule has 1 aromatic rings. The SMILES string of the molecule is C[C@@H]1CCC[C@H](C)N1C(=O)CN1C(=O)N[C@H](CCc2ccccc2)C1=O. The number of benzene rings is 1. The molecule has 0 saturated carbocycles. The zero-order valence-corrected chi connectivity index (χ0v) is 15.5. The van der Waals surface area contributed by atoms with Crippen LogP contribution in [0.15, 0.2) is 30.3 Å². The minimum absolute atomic E-state index is 0.142. The van der Waals surface area contributed by atoms with Crippen molar-refractivity contribution in [3.63, 3.8) is 0 Å². The lowest BCUT2D eigenvalue weighted by Gasteiger charge is -2.39. The van der Waals surface area contributed by atoms with Gasteiger partial charge < -0.3 is 10.2 Å². The summed E-state index contributed by atoms with van der Waals surface area (Å²) in [6.45, 7) is 3.89. The lowest BCUT2D eigenvalue weighted by molar-refractivity contribution is -0.141. The third kappa shape index (κ3) is 3.89. The molecule has 2 saturated heterocycles. The molecule has 140 valence electrons. The molecule has 3 atom stereocenters. The van der Waals surface area contributed by atoms with Crippen molar-refractivity contribution >= 4 is 17.8 Å². The number of carbonyl (C=O) groups is 3.